The average molecular weight is 296 g/mol. The van der Waals surface area contributed by atoms with Crippen molar-refractivity contribution >= 4 is 36.5 Å². The quantitative estimate of drug-likeness (QED) is 0.925. The zero-order chi connectivity index (χ0) is 13.7. The third kappa shape index (κ3) is 2.60. The van der Waals surface area contributed by atoms with E-state index in [1.165, 1.54) is 5.56 Å². The number of aryl methyl sites for hydroxylation is 1. The highest BCUT2D eigenvalue weighted by Crippen LogP contribution is 2.32. The van der Waals surface area contributed by atoms with Gasteiger partial charge in [0.05, 0.1) is 27.3 Å². The van der Waals surface area contributed by atoms with E-state index in [2.05, 4.69) is 22.4 Å². The number of nitrogens with zero attached hydrogens (tertiary/aromatic N) is 1. The third-order valence-corrected chi connectivity index (χ3v) is 6.31. The SMILES string of the molecule is Cc1ccc2sc(NC3(C)CCS(=O)(=O)C3)nc2c1. The van der Waals surface area contributed by atoms with Gasteiger partial charge in [0.2, 0.25) is 0 Å². The van der Waals surface area contributed by atoms with Gasteiger partial charge in [0.25, 0.3) is 0 Å². The summed E-state index contributed by atoms with van der Waals surface area (Å²) in [6.45, 7) is 3.99. The van der Waals surface area contributed by atoms with Gasteiger partial charge < -0.3 is 5.32 Å². The van der Waals surface area contributed by atoms with Gasteiger partial charge in [-0.1, -0.05) is 17.4 Å². The van der Waals surface area contributed by atoms with Gasteiger partial charge in [0.15, 0.2) is 15.0 Å². The fraction of sp³-hybridized carbons (Fsp3) is 0.462. The smallest absolute Gasteiger partial charge is 0.184 e. The number of hydrogen-bond acceptors (Lipinski definition) is 5. The Morgan fingerprint density at radius 3 is 2.89 bits per heavy atom. The van der Waals surface area contributed by atoms with Crippen molar-refractivity contribution in [3.8, 4) is 0 Å². The molecule has 0 radical (unpaired) electrons. The van der Waals surface area contributed by atoms with E-state index in [0.717, 1.165) is 15.3 Å². The van der Waals surface area contributed by atoms with Crippen LogP contribution in [0.25, 0.3) is 10.2 Å². The highest BCUT2D eigenvalue weighted by Gasteiger charge is 2.38. The Kier molecular flexibility index (Phi) is 2.83. The van der Waals surface area contributed by atoms with Gasteiger partial charge in [-0.25, -0.2) is 13.4 Å². The van der Waals surface area contributed by atoms with E-state index in [1.54, 1.807) is 11.3 Å². The second-order valence-corrected chi connectivity index (χ2v) is 8.73. The average Bonchev–Trinajstić information content (AvgIpc) is 2.78. The van der Waals surface area contributed by atoms with Gasteiger partial charge in [0.1, 0.15) is 0 Å². The number of fused-ring (bicyclic) bond motifs is 1. The number of sulfone groups is 1. The summed E-state index contributed by atoms with van der Waals surface area (Å²) in [6, 6.07) is 6.16. The highest BCUT2D eigenvalue weighted by molar-refractivity contribution is 7.91. The molecule has 2 heterocycles. The maximum atomic E-state index is 11.6. The minimum Gasteiger partial charge on any atom is -0.355 e. The second kappa shape index (κ2) is 4.18. The van der Waals surface area contributed by atoms with Crippen LogP contribution in [0.15, 0.2) is 18.2 Å². The van der Waals surface area contributed by atoms with Gasteiger partial charge in [-0.2, -0.15) is 0 Å². The summed E-state index contributed by atoms with van der Waals surface area (Å²) >= 11 is 1.57. The number of rotatable bonds is 2. The summed E-state index contributed by atoms with van der Waals surface area (Å²) in [5.41, 5.74) is 1.76. The zero-order valence-corrected chi connectivity index (χ0v) is 12.6. The first-order valence-corrected chi connectivity index (χ1v) is 8.85. The molecule has 1 saturated heterocycles. The highest BCUT2D eigenvalue weighted by atomic mass is 32.2. The van der Waals surface area contributed by atoms with Gasteiger partial charge in [-0.3, -0.25) is 0 Å². The monoisotopic (exact) mass is 296 g/mol. The van der Waals surface area contributed by atoms with Crippen molar-refractivity contribution in [1.82, 2.24) is 4.98 Å². The predicted molar refractivity (Wildman–Crippen MR) is 79.7 cm³/mol. The second-order valence-electron chi connectivity index (χ2n) is 5.52. The number of hydrogen-bond donors (Lipinski definition) is 1. The first-order chi connectivity index (χ1) is 8.85. The van der Waals surface area contributed by atoms with Crippen molar-refractivity contribution < 1.29 is 8.42 Å². The fourth-order valence-electron chi connectivity index (χ4n) is 2.46. The van der Waals surface area contributed by atoms with E-state index < -0.39 is 9.84 Å². The topological polar surface area (TPSA) is 59.1 Å². The first kappa shape index (κ1) is 12.9. The third-order valence-electron chi connectivity index (χ3n) is 3.46. The van der Waals surface area contributed by atoms with Crippen LogP contribution >= 0.6 is 11.3 Å². The van der Waals surface area contributed by atoms with Crippen LogP contribution in [-0.2, 0) is 9.84 Å². The summed E-state index contributed by atoms with van der Waals surface area (Å²) < 4.78 is 24.3. The zero-order valence-electron chi connectivity index (χ0n) is 10.9. The standard InChI is InChI=1S/C13H16N2O2S2/c1-9-3-4-11-10(7-9)14-12(18-11)15-13(2)5-6-19(16,17)8-13/h3-4,7H,5-6,8H2,1-2H3,(H,14,15). The van der Waals surface area contributed by atoms with Crippen LogP contribution in [0, 0.1) is 6.92 Å². The molecule has 1 unspecified atom stereocenters. The molecule has 0 aliphatic carbocycles. The molecule has 2 aromatic rings. The lowest BCUT2D eigenvalue weighted by Gasteiger charge is -2.23. The van der Waals surface area contributed by atoms with Crippen LogP contribution in [0.1, 0.15) is 18.9 Å². The molecule has 6 heteroatoms. The van der Waals surface area contributed by atoms with Crippen LogP contribution < -0.4 is 5.32 Å². The minimum atomic E-state index is -2.90. The number of benzene rings is 1. The maximum absolute atomic E-state index is 11.6. The lowest BCUT2D eigenvalue weighted by molar-refractivity contribution is 0.574. The van der Waals surface area contributed by atoms with Crippen molar-refractivity contribution in [2.45, 2.75) is 25.8 Å². The first-order valence-electron chi connectivity index (χ1n) is 6.21. The summed E-state index contributed by atoms with van der Waals surface area (Å²) in [4.78, 5) is 4.54. The predicted octanol–water partition coefficient (Wildman–Crippen LogP) is 2.59. The van der Waals surface area contributed by atoms with Crippen LogP contribution in [0.4, 0.5) is 5.13 Å². The lowest BCUT2D eigenvalue weighted by atomic mass is 10.0. The normalized spacial score (nSPS) is 25.8. The van der Waals surface area contributed by atoms with Crippen molar-refractivity contribution in [3.05, 3.63) is 23.8 Å². The molecule has 1 atom stereocenters. The van der Waals surface area contributed by atoms with E-state index in [4.69, 9.17) is 0 Å². The molecule has 0 spiro atoms. The van der Waals surface area contributed by atoms with Crippen LogP contribution in [0.5, 0.6) is 0 Å². The van der Waals surface area contributed by atoms with E-state index in [1.807, 2.05) is 19.9 Å². The van der Waals surface area contributed by atoms with Crippen LogP contribution in [0.3, 0.4) is 0 Å². The summed E-state index contributed by atoms with van der Waals surface area (Å²) in [5.74, 6) is 0.454. The van der Waals surface area contributed by atoms with Gasteiger partial charge >= 0.3 is 0 Å². The molecule has 1 aromatic carbocycles. The van der Waals surface area contributed by atoms with Crippen molar-refractivity contribution in [2.24, 2.45) is 0 Å². The summed E-state index contributed by atoms with van der Waals surface area (Å²) in [7, 11) is -2.90. The molecule has 1 aliphatic rings. The van der Waals surface area contributed by atoms with Gasteiger partial charge in [-0.05, 0) is 38.0 Å². The molecule has 1 fully saturated rings. The molecule has 1 aliphatic heterocycles. The Labute approximate surface area is 116 Å². The summed E-state index contributed by atoms with van der Waals surface area (Å²) in [6.07, 6.45) is 0.643. The molecule has 1 aromatic heterocycles. The number of nitrogens with one attached hydrogen (secondary N) is 1. The molecule has 19 heavy (non-hydrogen) atoms. The van der Waals surface area contributed by atoms with E-state index >= 15 is 0 Å². The van der Waals surface area contributed by atoms with E-state index in [9.17, 15) is 8.42 Å². The lowest BCUT2D eigenvalue weighted by Crippen LogP contribution is -2.35. The molecule has 102 valence electrons. The van der Waals surface area contributed by atoms with Crippen molar-refractivity contribution in [3.63, 3.8) is 0 Å². The van der Waals surface area contributed by atoms with Crippen LogP contribution in [0.2, 0.25) is 0 Å². The molecular weight excluding hydrogens is 280 g/mol. The molecule has 0 bridgehead atoms. The molecule has 0 saturated carbocycles. The van der Waals surface area contributed by atoms with Crippen LogP contribution in [-0.4, -0.2) is 30.4 Å². The van der Waals surface area contributed by atoms with Gasteiger partial charge in [0, 0.05) is 0 Å². The Balaban J connectivity index is 1.90. The van der Waals surface area contributed by atoms with E-state index in [0.29, 0.717) is 6.42 Å². The van der Waals surface area contributed by atoms with Crippen molar-refractivity contribution in [1.29, 1.82) is 0 Å². The minimum absolute atomic E-state index is 0.189. The number of thiazole rings is 1. The largest absolute Gasteiger partial charge is 0.355 e. The Bertz CT molecular complexity index is 736. The maximum Gasteiger partial charge on any atom is 0.184 e. The Morgan fingerprint density at radius 2 is 2.21 bits per heavy atom. The van der Waals surface area contributed by atoms with Crippen molar-refractivity contribution in [2.75, 3.05) is 16.8 Å². The molecule has 3 rings (SSSR count). The molecule has 0 amide bonds. The molecule has 4 nitrogen and oxygen atoms in total. The van der Waals surface area contributed by atoms with Gasteiger partial charge in [-0.15, -0.1) is 0 Å². The molecule has 1 N–H and O–H groups in total. The Hall–Kier alpha value is -1.14. The fourth-order valence-corrected chi connectivity index (χ4v) is 5.55. The number of aromatic nitrogens is 1. The Morgan fingerprint density at radius 1 is 1.42 bits per heavy atom. The number of anilines is 1. The van der Waals surface area contributed by atoms with E-state index in [-0.39, 0.29) is 17.0 Å². The summed E-state index contributed by atoms with van der Waals surface area (Å²) in [5, 5.41) is 4.12. The molecular formula is C13H16N2O2S2.